The lowest BCUT2D eigenvalue weighted by Crippen LogP contribution is -2.01. The number of primary amides is 1. The highest BCUT2D eigenvalue weighted by Gasteiger charge is 1.65. The number of carboxylic acids is 1. The minimum absolute atomic E-state index is 0.333. The number of nitrogens with two attached hydrogens (primary N) is 1. The Balaban J connectivity index is -0.000000101. The maximum Gasteiger partial charge on any atom is 0.300 e. The van der Waals surface area contributed by atoms with Gasteiger partial charge >= 0.3 is 0 Å². The number of hydrogen-bond donors (Lipinski definition) is 4. The normalized spacial score (nSPS) is 7.08. The third-order valence-corrected chi connectivity index (χ3v) is 0. The molecule has 0 aromatic heterocycles. The lowest BCUT2D eigenvalue weighted by Gasteiger charge is -1.60. The van der Waals surface area contributed by atoms with Gasteiger partial charge in [0.05, 0.1) is 0 Å². The van der Waals surface area contributed by atoms with E-state index in [1.54, 1.807) is 0 Å². The molecular formula is C4H11NO6S. The first kappa shape index (κ1) is 17.2. The van der Waals surface area contributed by atoms with E-state index in [9.17, 15) is 4.79 Å². The first-order valence-electron chi connectivity index (χ1n) is 2.45. The van der Waals surface area contributed by atoms with Crippen molar-refractivity contribution in [3.8, 4) is 0 Å². The number of aliphatic carboxylic acids is 1. The van der Waals surface area contributed by atoms with Crippen molar-refractivity contribution >= 4 is 23.2 Å². The summed E-state index contributed by atoms with van der Waals surface area (Å²) in [6.45, 7) is 2.39. The molecule has 0 aliphatic heterocycles. The maximum absolute atomic E-state index is 9.22. The van der Waals surface area contributed by atoms with Crippen molar-refractivity contribution in [3.63, 3.8) is 0 Å². The second-order valence-corrected chi connectivity index (χ2v) is 1.82. The van der Waals surface area contributed by atoms with Crippen LogP contribution in [0.2, 0.25) is 0 Å². The molecule has 0 aromatic carbocycles. The van der Waals surface area contributed by atoms with Gasteiger partial charge in [0.2, 0.25) is 5.91 Å². The molecule has 0 atom stereocenters. The van der Waals surface area contributed by atoms with Crippen LogP contribution in [0.25, 0.3) is 0 Å². The van der Waals surface area contributed by atoms with Crippen LogP contribution in [-0.4, -0.2) is 30.3 Å². The Morgan fingerprint density at radius 1 is 1.25 bits per heavy atom. The molecule has 0 aliphatic carbocycles. The fourth-order valence-electron chi connectivity index (χ4n) is 0. The summed E-state index contributed by atoms with van der Waals surface area (Å²) in [5, 5.41) is 7.42. The summed E-state index contributed by atoms with van der Waals surface area (Å²) in [5.41, 5.74) is 4.47. The van der Waals surface area contributed by atoms with Crippen molar-refractivity contribution < 1.29 is 28.0 Å². The maximum atomic E-state index is 9.22. The van der Waals surface area contributed by atoms with Gasteiger partial charge in [-0.15, -0.1) is 0 Å². The molecule has 1 amide bonds. The van der Waals surface area contributed by atoms with Crippen LogP contribution in [0, 0.1) is 0 Å². The third-order valence-electron chi connectivity index (χ3n) is 0. The van der Waals surface area contributed by atoms with Gasteiger partial charge in [0.1, 0.15) is 0 Å². The molecule has 0 unspecified atom stereocenters. The second-order valence-electron chi connectivity index (χ2n) is 1.36. The summed E-state index contributed by atoms with van der Waals surface area (Å²) in [5.74, 6) is -1.17. The number of amides is 1. The van der Waals surface area contributed by atoms with Crippen LogP contribution < -0.4 is 5.73 Å². The van der Waals surface area contributed by atoms with Crippen LogP contribution in [0.3, 0.4) is 0 Å². The Morgan fingerprint density at radius 2 is 1.25 bits per heavy atom. The summed E-state index contributed by atoms with van der Waals surface area (Å²) in [4.78, 5) is 18.2. The molecule has 0 saturated heterocycles. The molecule has 74 valence electrons. The molecule has 0 radical (unpaired) electrons. The van der Waals surface area contributed by atoms with Crippen LogP contribution in [-0.2, 0) is 21.0 Å². The Morgan fingerprint density at radius 3 is 1.25 bits per heavy atom. The van der Waals surface area contributed by atoms with Gasteiger partial charge in [-0.3, -0.25) is 18.7 Å². The Labute approximate surface area is 71.7 Å². The zero-order chi connectivity index (χ0) is 10.7. The highest BCUT2D eigenvalue weighted by Crippen LogP contribution is 1.44. The number of carbonyl (C=O) groups excluding carboxylic acids is 1. The van der Waals surface area contributed by atoms with Gasteiger partial charge in [-0.2, -0.15) is 4.21 Å². The average molecular weight is 201 g/mol. The first-order valence-corrected chi connectivity index (χ1v) is 3.52. The fraction of sp³-hybridized carbons (Fsp3) is 0.500. The van der Waals surface area contributed by atoms with Crippen molar-refractivity contribution in [2.24, 2.45) is 5.73 Å². The zero-order valence-electron chi connectivity index (χ0n) is 6.55. The van der Waals surface area contributed by atoms with Gasteiger partial charge in [0.15, 0.2) is 0 Å². The number of carboxylic acid groups (broad SMARTS) is 1. The van der Waals surface area contributed by atoms with E-state index in [4.69, 9.17) is 23.2 Å². The quantitative estimate of drug-likeness (QED) is 0.381. The largest absolute Gasteiger partial charge is 0.481 e. The van der Waals surface area contributed by atoms with E-state index < -0.39 is 17.3 Å². The van der Waals surface area contributed by atoms with Crippen LogP contribution in [0.4, 0.5) is 0 Å². The molecule has 0 aromatic rings. The van der Waals surface area contributed by atoms with Gasteiger partial charge in [0.25, 0.3) is 17.3 Å². The molecule has 12 heavy (non-hydrogen) atoms. The Kier molecular flexibility index (Phi) is 18.1. The van der Waals surface area contributed by atoms with Crippen molar-refractivity contribution in [1.82, 2.24) is 0 Å². The van der Waals surface area contributed by atoms with Crippen LogP contribution >= 0.6 is 0 Å². The lowest BCUT2D eigenvalue weighted by atomic mass is 10.8. The average Bonchev–Trinajstić information content (AvgIpc) is 1.54. The molecule has 0 bridgehead atoms. The SMILES string of the molecule is CC(=O)O.CC(N)=O.O=S(O)O. The molecule has 0 heterocycles. The molecule has 0 aliphatic rings. The fourth-order valence-corrected chi connectivity index (χ4v) is 0. The summed E-state index contributed by atoms with van der Waals surface area (Å²) < 4.78 is 22.8. The Bertz CT molecular complexity index is 117. The molecule has 0 fully saturated rings. The van der Waals surface area contributed by atoms with E-state index in [0.717, 1.165) is 6.92 Å². The van der Waals surface area contributed by atoms with Gasteiger partial charge in [-0.05, 0) is 0 Å². The van der Waals surface area contributed by atoms with Crippen LogP contribution in [0.5, 0.6) is 0 Å². The highest BCUT2D eigenvalue weighted by atomic mass is 32.2. The molecule has 0 saturated carbocycles. The van der Waals surface area contributed by atoms with E-state index in [1.807, 2.05) is 0 Å². The van der Waals surface area contributed by atoms with Gasteiger partial charge in [-0.25, -0.2) is 0 Å². The van der Waals surface area contributed by atoms with Crippen LogP contribution in [0.1, 0.15) is 13.8 Å². The van der Waals surface area contributed by atoms with Gasteiger partial charge < -0.3 is 10.8 Å². The van der Waals surface area contributed by atoms with Crippen molar-refractivity contribution in [2.75, 3.05) is 0 Å². The van der Waals surface area contributed by atoms with Crippen molar-refractivity contribution in [3.05, 3.63) is 0 Å². The van der Waals surface area contributed by atoms with E-state index in [1.165, 1.54) is 6.92 Å². The molecule has 8 heteroatoms. The monoisotopic (exact) mass is 201 g/mol. The Hall–Kier alpha value is -0.990. The minimum Gasteiger partial charge on any atom is -0.481 e. The van der Waals surface area contributed by atoms with E-state index in [2.05, 4.69) is 5.73 Å². The van der Waals surface area contributed by atoms with E-state index in [0.29, 0.717) is 0 Å². The standard InChI is InChI=1S/C2H5NO.C2H4O2.H2O3S/c2*1-2(3)4;1-4(2)3/h1H3,(H2,3,4);1H3,(H,3,4);(H2,1,2,3). The number of rotatable bonds is 0. The smallest absolute Gasteiger partial charge is 0.300 e. The van der Waals surface area contributed by atoms with Crippen molar-refractivity contribution in [2.45, 2.75) is 13.8 Å². The zero-order valence-corrected chi connectivity index (χ0v) is 7.37. The second kappa shape index (κ2) is 12.7. The predicted molar refractivity (Wildman–Crippen MR) is 41.6 cm³/mol. The van der Waals surface area contributed by atoms with Gasteiger partial charge in [0, 0.05) is 13.8 Å². The summed E-state index contributed by atoms with van der Waals surface area (Å²) in [7, 11) is 0. The molecular weight excluding hydrogens is 190 g/mol. The van der Waals surface area contributed by atoms with E-state index in [-0.39, 0.29) is 5.91 Å². The predicted octanol–water partition coefficient (Wildman–Crippen LogP) is -0.736. The lowest BCUT2D eigenvalue weighted by molar-refractivity contribution is -0.134. The number of hydrogen-bond acceptors (Lipinski definition) is 3. The molecule has 5 N–H and O–H groups in total. The van der Waals surface area contributed by atoms with E-state index >= 15 is 0 Å². The summed E-state index contributed by atoms with van der Waals surface area (Å²) >= 11 is -2.61. The topological polar surface area (TPSA) is 138 Å². The molecule has 7 nitrogen and oxygen atoms in total. The summed E-state index contributed by atoms with van der Waals surface area (Å²) in [6, 6.07) is 0. The molecule has 0 spiro atoms. The van der Waals surface area contributed by atoms with Crippen LogP contribution in [0.15, 0.2) is 0 Å². The summed E-state index contributed by atoms with van der Waals surface area (Å²) in [6.07, 6.45) is 0. The number of carbonyl (C=O) groups is 2. The van der Waals surface area contributed by atoms with Gasteiger partial charge in [-0.1, -0.05) is 0 Å². The molecule has 0 rings (SSSR count). The minimum atomic E-state index is -2.61. The first-order chi connectivity index (χ1) is 5.20. The highest BCUT2D eigenvalue weighted by molar-refractivity contribution is 7.73. The van der Waals surface area contributed by atoms with Crippen molar-refractivity contribution in [1.29, 1.82) is 0 Å². The third kappa shape index (κ3) is 590.